The maximum atomic E-state index is 11.6. The summed E-state index contributed by atoms with van der Waals surface area (Å²) in [7, 11) is 0. The van der Waals surface area contributed by atoms with E-state index in [0.29, 0.717) is 0 Å². The van der Waals surface area contributed by atoms with Crippen molar-refractivity contribution in [2.45, 2.75) is 23.7 Å². The fourth-order valence-electron chi connectivity index (χ4n) is 1.30. The number of anilines is 1. The molecular weight excluding hydrogens is 367 g/mol. The highest BCUT2D eigenvalue weighted by Gasteiger charge is 2.24. The number of carbonyl (C=O) groups excluding carboxylic acids is 1. The summed E-state index contributed by atoms with van der Waals surface area (Å²) in [5, 5.41) is 10.6. The molecule has 1 rings (SSSR count). The molecule has 0 amide bonds. The van der Waals surface area contributed by atoms with Crippen LogP contribution in [-0.2, 0) is 14.3 Å². The number of nitrogens with two attached hydrogens (primary N) is 1. The molecule has 23 heavy (non-hydrogen) atoms. The van der Waals surface area contributed by atoms with E-state index >= 15 is 0 Å². The van der Waals surface area contributed by atoms with Crippen molar-refractivity contribution in [3.8, 4) is 0 Å². The Morgan fingerprint density at radius 3 is 2.30 bits per heavy atom. The Balaban J connectivity index is 0.000000841. The molecule has 1 atom stereocenters. The summed E-state index contributed by atoms with van der Waals surface area (Å²) in [4.78, 5) is 20.9. The van der Waals surface area contributed by atoms with Gasteiger partial charge in [-0.05, 0) is 25.5 Å². The zero-order chi connectivity index (χ0) is 18.0. The van der Waals surface area contributed by atoms with Crippen LogP contribution in [0.1, 0.15) is 12.5 Å². The van der Waals surface area contributed by atoms with Crippen LogP contribution in [0, 0.1) is 6.92 Å². The second-order valence-corrected chi connectivity index (χ2v) is 7.02. The first-order valence-corrected chi connectivity index (χ1v) is 7.67. The van der Waals surface area contributed by atoms with Crippen molar-refractivity contribution in [3.63, 3.8) is 0 Å². The number of nitrogens with one attached hydrogen (secondary N) is 1. The van der Waals surface area contributed by atoms with E-state index in [9.17, 15) is 9.59 Å². The number of carboxylic acid groups (broad SMARTS) is 1. The zero-order valence-electron chi connectivity index (χ0n) is 12.7. The lowest BCUT2D eigenvalue weighted by Gasteiger charge is -2.17. The van der Waals surface area contributed by atoms with Crippen molar-refractivity contribution in [1.82, 2.24) is 0 Å². The van der Waals surface area contributed by atoms with E-state index in [4.69, 9.17) is 44.6 Å². The fourth-order valence-corrected chi connectivity index (χ4v) is 1.47. The number of alkyl halides is 3. The van der Waals surface area contributed by atoms with Crippen LogP contribution in [0.4, 0.5) is 5.69 Å². The largest absolute Gasteiger partial charge is 0.480 e. The molecule has 130 valence electrons. The van der Waals surface area contributed by atoms with E-state index in [1.54, 1.807) is 6.92 Å². The molecule has 0 aliphatic carbocycles. The van der Waals surface area contributed by atoms with E-state index in [1.165, 1.54) is 0 Å². The van der Waals surface area contributed by atoms with Gasteiger partial charge in [-0.3, -0.25) is 4.79 Å². The Bertz CT molecular complexity index is 521. The molecule has 0 fully saturated rings. The van der Waals surface area contributed by atoms with E-state index in [0.717, 1.165) is 11.3 Å². The van der Waals surface area contributed by atoms with Gasteiger partial charge in [0.05, 0.1) is 6.54 Å². The van der Waals surface area contributed by atoms with Gasteiger partial charge in [0, 0.05) is 5.69 Å². The highest BCUT2D eigenvalue weighted by atomic mass is 35.6. The summed E-state index contributed by atoms with van der Waals surface area (Å²) in [5.74, 6) is -1.44. The van der Waals surface area contributed by atoms with Crippen LogP contribution >= 0.6 is 34.8 Å². The van der Waals surface area contributed by atoms with Gasteiger partial charge in [0.1, 0.15) is 12.6 Å². The Kier molecular flexibility index (Phi) is 9.99. The summed E-state index contributed by atoms with van der Waals surface area (Å²) in [6.45, 7) is 3.09. The van der Waals surface area contributed by atoms with Crippen molar-refractivity contribution in [1.29, 1.82) is 0 Å². The number of rotatable bonds is 5. The molecule has 6 nitrogen and oxygen atoms in total. The number of ether oxygens (including phenoxy) is 1. The van der Waals surface area contributed by atoms with Crippen LogP contribution in [0.5, 0.6) is 0 Å². The average Bonchev–Trinajstić information content (AvgIpc) is 2.46. The third kappa shape index (κ3) is 11.0. The van der Waals surface area contributed by atoms with Crippen LogP contribution in [0.25, 0.3) is 0 Å². The molecule has 0 unspecified atom stereocenters. The quantitative estimate of drug-likeness (QED) is 0.532. The Morgan fingerprint density at radius 2 is 1.87 bits per heavy atom. The molecular formula is C14H19Cl3N2O4. The monoisotopic (exact) mass is 384 g/mol. The first kappa shape index (κ1) is 21.8. The minimum Gasteiger partial charge on any atom is -0.480 e. The Morgan fingerprint density at radius 1 is 1.35 bits per heavy atom. The standard InChI is InChI=1S/C12H14Cl3NO2.C2H5NO2/c1-8-5-3-4-6-10(8)16-9(2)11(17)18-7-12(13,14)15;3-1-2(4)5/h3-6,9,16H,7H2,1-2H3;1,3H2,(H,4,5)/t9-;/m0./s1. The second kappa shape index (κ2) is 10.5. The first-order valence-electron chi connectivity index (χ1n) is 6.54. The Labute approximate surface area is 149 Å². The highest BCUT2D eigenvalue weighted by Crippen LogP contribution is 2.26. The molecule has 0 spiro atoms. The summed E-state index contributed by atoms with van der Waals surface area (Å²) in [6, 6.07) is 7.12. The normalized spacial score (nSPS) is 11.7. The van der Waals surface area contributed by atoms with Gasteiger partial charge in [0.2, 0.25) is 3.79 Å². The van der Waals surface area contributed by atoms with Gasteiger partial charge in [-0.15, -0.1) is 0 Å². The molecule has 1 aromatic carbocycles. The summed E-state index contributed by atoms with van der Waals surface area (Å²) < 4.78 is 3.30. The number of hydrogen-bond acceptors (Lipinski definition) is 5. The molecule has 0 radical (unpaired) electrons. The van der Waals surface area contributed by atoms with Gasteiger partial charge < -0.3 is 20.9 Å². The van der Waals surface area contributed by atoms with Crippen molar-refractivity contribution in [3.05, 3.63) is 29.8 Å². The molecule has 0 aliphatic rings. The molecule has 4 N–H and O–H groups in total. The van der Waals surface area contributed by atoms with Gasteiger partial charge in [-0.1, -0.05) is 53.0 Å². The van der Waals surface area contributed by atoms with Gasteiger partial charge in [0.25, 0.3) is 0 Å². The van der Waals surface area contributed by atoms with Crippen molar-refractivity contribution in [2.24, 2.45) is 5.73 Å². The fraction of sp³-hybridized carbons (Fsp3) is 0.429. The van der Waals surface area contributed by atoms with Crippen LogP contribution in [-0.4, -0.2) is 40.0 Å². The minimum atomic E-state index is -1.59. The zero-order valence-corrected chi connectivity index (χ0v) is 15.0. The molecule has 0 heterocycles. The molecule has 0 saturated heterocycles. The van der Waals surface area contributed by atoms with Crippen LogP contribution < -0.4 is 11.1 Å². The van der Waals surface area contributed by atoms with E-state index in [1.807, 2.05) is 31.2 Å². The third-order valence-electron chi connectivity index (χ3n) is 2.42. The van der Waals surface area contributed by atoms with Gasteiger partial charge >= 0.3 is 11.9 Å². The topological polar surface area (TPSA) is 102 Å². The van der Waals surface area contributed by atoms with Crippen LogP contribution in [0.3, 0.4) is 0 Å². The number of halogens is 3. The molecule has 0 saturated carbocycles. The van der Waals surface area contributed by atoms with Crippen molar-refractivity contribution < 1.29 is 19.4 Å². The smallest absolute Gasteiger partial charge is 0.328 e. The molecule has 9 heteroatoms. The van der Waals surface area contributed by atoms with Crippen molar-refractivity contribution >= 4 is 52.4 Å². The maximum Gasteiger partial charge on any atom is 0.328 e. The molecule has 0 bridgehead atoms. The Hall–Kier alpha value is -1.21. The number of esters is 1. The first-order chi connectivity index (χ1) is 10.6. The molecule has 1 aromatic rings. The number of aliphatic carboxylic acids is 1. The van der Waals surface area contributed by atoms with E-state index in [2.05, 4.69) is 11.1 Å². The maximum absolute atomic E-state index is 11.6. The molecule has 0 aromatic heterocycles. The summed E-state index contributed by atoms with van der Waals surface area (Å²) in [5.41, 5.74) is 6.48. The van der Waals surface area contributed by atoms with Gasteiger partial charge in [0.15, 0.2) is 0 Å². The SMILES string of the molecule is Cc1ccccc1N[C@@H](C)C(=O)OCC(Cl)(Cl)Cl.NCC(=O)O. The van der Waals surface area contributed by atoms with Gasteiger partial charge in [-0.2, -0.15) is 0 Å². The number of para-hydroxylation sites is 1. The minimum absolute atomic E-state index is 0.268. The average molecular weight is 386 g/mol. The van der Waals surface area contributed by atoms with Crippen molar-refractivity contribution in [2.75, 3.05) is 18.5 Å². The number of hydrogen-bond donors (Lipinski definition) is 3. The number of aryl methyl sites for hydroxylation is 1. The number of carboxylic acids is 1. The molecule has 0 aliphatic heterocycles. The summed E-state index contributed by atoms with van der Waals surface area (Å²) >= 11 is 16.5. The lowest BCUT2D eigenvalue weighted by atomic mass is 10.2. The third-order valence-corrected chi connectivity index (χ3v) is 2.75. The highest BCUT2D eigenvalue weighted by molar-refractivity contribution is 6.67. The van der Waals surface area contributed by atoms with E-state index < -0.39 is 21.8 Å². The van der Waals surface area contributed by atoms with Crippen LogP contribution in [0.2, 0.25) is 0 Å². The predicted octanol–water partition coefficient (Wildman–Crippen LogP) is 2.74. The summed E-state index contributed by atoms with van der Waals surface area (Å²) in [6.07, 6.45) is 0. The van der Waals surface area contributed by atoms with Gasteiger partial charge in [-0.25, -0.2) is 4.79 Å². The van der Waals surface area contributed by atoms with Crippen LogP contribution in [0.15, 0.2) is 24.3 Å². The number of carbonyl (C=O) groups is 2. The lowest BCUT2D eigenvalue weighted by molar-refractivity contribution is -0.144. The second-order valence-electron chi connectivity index (χ2n) is 4.50. The lowest BCUT2D eigenvalue weighted by Crippen LogP contribution is -2.31. The predicted molar refractivity (Wildman–Crippen MR) is 92.2 cm³/mol. The number of benzene rings is 1. The van der Waals surface area contributed by atoms with E-state index in [-0.39, 0.29) is 13.2 Å².